The van der Waals surface area contributed by atoms with E-state index in [-0.39, 0.29) is 0 Å². The van der Waals surface area contributed by atoms with Gasteiger partial charge in [-0.15, -0.1) is 0 Å². The van der Waals surface area contributed by atoms with E-state index in [2.05, 4.69) is 145 Å². The average molecular weight is 556 g/mol. The highest BCUT2D eigenvalue weighted by atomic mass is 14.2. The molecule has 8 rings (SSSR count). The smallest absolute Gasteiger partial charge is 0.0991 e. The molecule has 0 unspecified atom stereocenters. The van der Waals surface area contributed by atoms with Crippen molar-refractivity contribution in [2.75, 3.05) is 0 Å². The second-order valence-electron chi connectivity index (χ2n) is 11.2. The van der Waals surface area contributed by atoms with E-state index in [1.165, 1.54) is 53.9 Å². The van der Waals surface area contributed by atoms with Crippen molar-refractivity contribution in [3.05, 3.63) is 167 Å². The second-order valence-corrected chi connectivity index (χ2v) is 11.2. The van der Waals surface area contributed by atoms with Crippen LogP contribution in [0.4, 0.5) is 0 Å². The summed E-state index contributed by atoms with van der Waals surface area (Å²) in [5.41, 5.74) is 4.80. The summed E-state index contributed by atoms with van der Waals surface area (Å²) in [7, 11) is 0. The molecule has 1 heteroatoms. The zero-order valence-corrected chi connectivity index (χ0v) is 23.9. The Morgan fingerprint density at radius 1 is 0.386 bits per heavy atom. The predicted octanol–water partition coefficient (Wildman–Crippen LogP) is 10.9. The molecule has 0 bridgehead atoms. The fourth-order valence-electron chi connectivity index (χ4n) is 6.22. The zero-order valence-electron chi connectivity index (χ0n) is 23.9. The molecule has 0 aliphatic rings. The maximum absolute atomic E-state index is 8.99. The highest BCUT2D eigenvalue weighted by Crippen LogP contribution is 2.39. The third kappa shape index (κ3) is 4.55. The monoisotopic (exact) mass is 555 g/mol. The summed E-state index contributed by atoms with van der Waals surface area (Å²) in [6.07, 6.45) is 4.13. The Bertz CT molecular complexity index is 2520. The Kier molecular flexibility index (Phi) is 6.15. The fraction of sp³-hybridized carbons (Fsp3) is 0. The SMILES string of the molecule is N#Cc1ccc(/C=C/c2ccc(C#Cc3ccc4ccc5ccc6ccc7ccc8ccccc8c7c6c5c4c3)cc2)cc1. The van der Waals surface area contributed by atoms with E-state index in [1.54, 1.807) is 0 Å². The van der Waals surface area contributed by atoms with Gasteiger partial charge in [-0.25, -0.2) is 0 Å². The van der Waals surface area contributed by atoms with Crippen molar-refractivity contribution in [2.24, 2.45) is 0 Å². The maximum atomic E-state index is 8.99. The normalized spacial score (nSPS) is 11.3. The number of rotatable bonds is 2. The first-order valence-corrected chi connectivity index (χ1v) is 14.7. The van der Waals surface area contributed by atoms with E-state index in [0.29, 0.717) is 5.56 Å². The van der Waals surface area contributed by atoms with E-state index in [4.69, 9.17) is 5.26 Å². The van der Waals surface area contributed by atoms with E-state index in [1.807, 2.05) is 24.3 Å². The van der Waals surface area contributed by atoms with Gasteiger partial charge in [0, 0.05) is 11.1 Å². The Balaban J connectivity index is 1.21. The van der Waals surface area contributed by atoms with Crippen molar-refractivity contribution in [1.29, 1.82) is 5.26 Å². The molecule has 0 spiro atoms. The van der Waals surface area contributed by atoms with E-state index in [0.717, 1.165) is 22.3 Å². The third-order valence-electron chi connectivity index (χ3n) is 8.46. The zero-order chi connectivity index (χ0) is 29.5. The summed E-state index contributed by atoms with van der Waals surface area (Å²) in [5, 5.41) is 21.6. The van der Waals surface area contributed by atoms with E-state index in [9.17, 15) is 0 Å². The first-order chi connectivity index (χ1) is 21.7. The number of hydrogen-bond donors (Lipinski definition) is 0. The van der Waals surface area contributed by atoms with Crippen molar-refractivity contribution < 1.29 is 0 Å². The van der Waals surface area contributed by atoms with Crippen molar-refractivity contribution in [3.63, 3.8) is 0 Å². The molecule has 8 aromatic carbocycles. The molecular formula is C43H25N. The summed E-state index contributed by atoms with van der Waals surface area (Å²) in [4.78, 5) is 0. The quantitative estimate of drug-likeness (QED) is 0.118. The van der Waals surface area contributed by atoms with Crippen LogP contribution in [-0.4, -0.2) is 0 Å². The fourth-order valence-corrected chi connectivity index (χ4v) is 6.22. The van der Waals surface area contributed by atoms with Crippen LogP contribution in [0.5, 0.6) is 0 Å². The molecule has 0 aliphatic heterocycles. The van der Waals surface area contributed by atoms with Crippen molar-refractivity contribution >= 4 is 66.0 Å². The van der Waals surface area contributed by atoms with Crippen LogP contribution in [0, 0.1) is 23.2 Å². The Hall–Kier alpha value is -6.15. The van der Waals surface area contributed by atoms with Crippen LogP contribution in [0.3, 0.4) is 0 Å². The molecule has 0 N–H and O–H groups in total. The molecule has 0 fully saturated rings. The Morgan fingerprint density at radius 3 is 1.48 bits per heavy atom. The molecule has 0 amide bonds. The van der Waals surface area contributed by atoms with Crippen molar-refractivity contribution in [3.8, 4) is 17.9 Å². The van der Waals surface area contributed by atoms with Gasteiger partial charge in [0.1, 0.15) is 0 Å². The van der Waals surface area contributed by atoms with Crippen LogP contribution in [0.1, 0.15) is 27.8 Å². The number of nitriles is 1. The van der Waals surface area contributed by atoms with Crippen LogP contribution in [-0.2, 0) is 0 Å². The lowest BCUT2D eigenvalue weighted by atomic mass is 9.90. The van der Waals surface area contributed by atoms with Gasteiger partial charge in [0.05, 0.1) is 11.6 Å². The summed E-state index contributed by atoms with van der Waals surface area (Å²) >= 11 is 0. The molecule has 0 aromatic heterocycles. The molecule has 0 atom stereocenters. The highest BCUT2D eigenvalue weighted by Gasteiger charge is 2.11. The van der Waals surface area contributed by atoms with Gasteiger partial charge in [-0.3, -0.25) is 0 Å². The molecule has 8 aromatic rings. The van der Waals surface area contributed by atoms with E-state index >= 15 is 0 Å². The molecule has 0 saturated carbocycles. The summed E-state index contributed by atoms with van der Waals surface area (Å²) in [5.74, 6) is 6.80. The predicted molar refractivity (Wildman–Crippen MR) is 186 cm³/mol. The lowest BCUT2D eigenvalue weighted by molar-refractivity contribution is 1.48. The first-order valence-electron chi connectivity index (χ1n) is 14.7. The summed E-state index contributed by atoms with van der Waals surface area (Å²) in [6.45, 7) is 0. The summed E-state index contributed by atoms with van der Waals surface area (Å²) in [6, 6.07) is 51.2. The summed E-state index contributed by atoms with van der Waals surface area (Å²) < 4.78 is 0. The Labute approximate surface area is 255 Å². The van der Waals surface area contributed by atoms with Gasteiger partial charge < -0.3 is 0 Å². The van der Waals surface area contributed by atoms with Gasteiger partial charge in [-0.05, 0) is 101 Å². The van der Waals surface area contributed by atoms with Crippen LogP contribution >= 0.6 is 0 Å². The molecular weight excluding hydrogens is 530 g/mol. The lowest BCUT2D eigenvalue weighted by Gasteiger charge is -2.13. The number of benzene rings is 8. The molecule has 44 heavy (non-hydrogen) atoms. The second kappa shape index (κ2) is 10.6. The van der Waals surface area contributed by atoms with Crippen LogP contribution in [0.25, 0.3) is 66.0 Å². The van der Waals surface area contributed by atoms with Gasteiger partial charge in [-0.2, -0.15) is 5.26 Å². The molecule has 0 aliphatic carbocycles. The van der Waals surface area contributed by atoms with Crippen molar-refractivity contribution in [2.45, 2.75) is 0 Å². The minimum Gasteiger partial charge on any atom is -0.192 e. The molecule has 0 saturated heterocycles. The minimum absolute atomic E-state index is 0.667. The topological polar surface area (TPSA) is 23.8 Å². The Morgan fingerprint density at radius 2 is 0.841 bits per heavy atom. The standard InChI is InChI=1S/C43H25N/c44-28-33-15-12-31(13-16-33)10-7-29-5-8-30(9-6-29)11-14-32-17-18-35-20-22-37-24-26-38-25-23-36-21-19-34-3-1-2-4-39(34)41(36)43(38)42(37)40(35)27-32/h1-10,12-13,15-27H/b10-7+. The molecule has 0 radical (unpaired) electrons. The van der Waals surface area contributed by atoms with Gasteiger partial charge >= 0.3 is 0 Å². The van der Waals surface area contributed by atoms with Gasteiger partial charge in [0.25, 0.3) is 0 Å². The first kappa shape index (κ1) is 25.6. The molecule has 0 heterocycles. The van der Waals surface area contributed by atoms with Crippen molar-refractivity contribution in [1.82, 2.24) is 0 Å². The third-order valence-corrected chi connectivity index (χ3v) is 8.46. The molecule has 202 valence electrons. The molecule has 1 nitrogen and oxygen atoms in total. The van der Waals surface area contributed by atoms with Crippen LogP contribution in [0.2, 0.25) is 0 Å². The van der Waals surface area contributed by atoms with E-state index < -0.39 is 0 Å². The number of nitrogens with zero attached hydrogens (tertiary/aromatic N) is 1. The van der Waals surface area contributed by atoms with Crippen LogP contribution in [0.15, 0.2) is 140 Å². The lowest BCUT2D eigenvalue weighted by Crippen LogP contribution is -1.86. The van der Waals surface area contributed by atoms with Gasteiger partial charge in [0.15, 0.2) is 0 Å². The van der Waals surface area contributed by atoms with Gasteiger partial charge in [0.2, 0.25) is 0 Å². The van der Waals surface area contributed by atoms with Crippen LogP contribution < -0.4 is 0 Å². The minimum atomic E-state index is 0.667. The maximum Gasteiger partial charge on any atom is 0.0991 e. The average Bonchev–Trinajstić information content (AvgIpc) is 3.09. The largest absolute Gasteiger partial charge is 0.192 e. The van der Waals surface area contributed by atoms with Gasteiger partial charge in [-0.1, -0.05) is 127 Å². The number of hydrogen-bond acceptors (Lipinski definition) is 1. The number of fused-ring (bicyclic) bond motifs is 9. The highest BCUT2D eigenvalue weighted by molar-refractivity contribution is 6.32.